The molecule has 0 aliphatic heterocycles. The van der Waals surface area contributed by atoms with Gasteiger partial charge in [0.1, 0.15) is 4.90 Å². The molecule has 1 aliphatic carbocycles. The standard InChI is InChI=1S/C14H20ClN3O4S/c15-12-8-11(18(19)20)6-7-14(12)23(21,22)17-13(9-16)10-4-2-1-3-5-10/h6-8,10,13,17H,1-5,9,16H2. The van der Waals surface area contributed by atoms with Crippen LogP contribution in [-0.2, 0) is 10.0 Å². The van der Waals surface area contributed by atoms with Gasteiger partial charge < -0.3 is 5.73 Å². The minimum atomic E-state index is -3.88. The summed E-state index contributed by atoms with van der Waals surface area (Å²) in [5.74, 6) is 0.209. The minimum absolute atomic E-state index is 0.168. The number of nitrogens with two attached hydrogens (primary N) is 1. The van der Waals surface area contributed by atoms with Crippen LogP contribution in [-0.4, -0.2) is 25.9 Å². The number of hydrogen-bond acceptors (Lipinski definition) is 5. The predicted molar refractivity (Wildman–Crippen MR) is 87.8 cm³/mol. The molecule has 1 aromatic rings. The van der Waals surface area contributed by atoms with E-state index < -0.39 is 14.9 Å². The summed E-state index contributed by atoms with van der Waals surface area (Å²) in [5.41, 5.74) is 5.49. The molecule has 0 radical (unpaired) electrons. The Hall–Kier alpha value is -1.22. The Kier molecular flexibility index (Phi) is 5.96. The number of benzene rings is 1. The van der Waals surface area contributed by atoms with Crippen LogP contribution < -0.4 is 10.5 Å². The van der Waals surface area contributed by atoms with Crippen molar-refractivity contribution in [3.05, 3.63) is 33.3 Å². The van der Waals surface area contributed by atoms with Gasteiger partial charge in [0.2, 0.25) is 10.0 Å². The number of nitrogens with one attached hydrogen (secondary N) is 1. The van der Waals surface area contributed by atoms with E-state index in [-0.39, 0.29) is 34.1 Å². The van der Waals surface area contributed by atoms with E-state index in [1.807, 2.05) is 0 Å². The largest absolute Gasteiger partial charge is 0.329 e. The normalized spacial score (nSPS) is 17.8. The number of nitro groups is 1. The van der Waals surface area contributed by atoms with Crippen LogP contribution in [0.1, 0.15) is 32.1 Å². The highest BCUT2D eigenvalue weighted by Crippen LogP contribution is 2.29. The van der Waals surface area contributed by atoms with Crippen molar-refractivity contribution >= 4 is 27.3 Å². The number of nitrogens with zero attached hydrogens (tertiary/aromatic N) is 1. The summed E-state index contributed by atoms with van der Waals surface area (Å²) in [6.07, 6.45) is 5.19. The van der Waals surface area contributed by atoms with E-state index in [4.69, 9.17) is 17.3 Å². The number of rotatable bonds is 6. The van der Waals surface area contributed by atoms with Crippen LogP contribution in [0.25, 0.3) is 0 Å². The quantitative estimate of drug-likeness (QED) is 0.596. The Morgan fingerprint density at radius 3 is 2.52 bits per heavy atom. The molecule has 0 saturated heterocycles. The summed E-state index contributed by atoms with van der Waals surface area (Å²) in [4.78, 5) is 9.92. The lowest BCUT2D eigenvalue weighted by Crippen LogP contribution is -2.45. The minimum Gasteiger partial charge on any atom is -0.329 e. The number of nitro benzene ring substituents is 1. The van der Waals surface area contributed by atoms with Crippen molar-refractivity contribution < 1.29 is 13.3 Å². The molecule has 9 heteroatoms. The van der Waals surface area contributed by atoms with E-state index in [2.05, 4.69) is 4.72 Å². The first-order valence-corrected chi connectivity index (χ1v) is 9.37. The van der Waals surface area contributed by atoms with E-state index in [0.717, 1.165) is 50.3 Å². The summed E-state index contributed by atoms with van der Waals surface area (Å²) in [6, 6.07) is 2.95. The van der Waals surface area contributed by atoms with Gasteiger partial charge in [-0.15, -0.1) is 0 Å². The smallest absolute Gasteiger partial charge is 0.271 e. The van der Waals surface area contributed by atoms with E-state index in [9.17, 15) is 18.5 Å². The second-order valence-electron chi connectivity index (χ2n) is 5.73. The summed E-state index contributed by atoms with van der Waals surface area (Å²) in [5, 5.41) is 10.5. The third-order valence-corrected chi connectivity index (χ3v) is 6.17. The van der Waals surface area contributed by atoms with E-state index in [1.165, 1.54) is 0 Å². The highest BCUT2D eigenvalue weighted by molar-refractivity contribution is 7.89. The third kappa shape index (κ3) is 4.41. The van der Waals surface area contributed by atoms with Crippen LogP contribution in [0, 0.1) is 16.0 Å². The average molecular weight is 362 g/mol. The van der Waals surface area contributed by atoms with Crippen LogP contribution in [0.5, 0.6) is 0 Å². The molecule has 0 spiro atoms. The van der Waals surface area contributed by atoms with Crippen LogP contribution in [0.2, 0.25) is 5.02 Å². The third-order valence-electron chi connectivity index (χ3n) is 4.20. The molecule has 0 bridgehead atoms. The maximum atomic E-state index is 12.5. The van der Waals surface area contributed by atoms with Crippen molar-refractivity contribution in [3.63, 3.8) is 0 Å². The Labute approximate surface area is 140 Å². The number of sulfonamides is 1. The first-order chi connectivity index (χ1) is 10.8. The molecule has 0 aromatic heterocycles. The van der Waals surface area contributed by atoms with Gasteiger partial charge >= 0.3 is 0 Å². The molecule has 3 N–H and O–H groups in total. The SMILES string of the molecule is NCC(NS(=O)(=O)c1ccc([N+](=O)[O-])cc1Cl)C1CCCCC1. The topological polar surface area (TPSA) is 115 Å². The molecule has 2 rings (SSSR count). The maximum Gasteiger partial charge on any atom is 0.271 e. The first-order valence-electron chi connectivity index (χ1n) is 7.51. The van der Waals surface area contributed by atoms with Gasteiger partial charge in [-0.1, -0.05) is 30.9 Å². The van der Waals surface area contributed by atoms with Gasteiger partial charge in [-0.25, -0.2) is 13.1 Å². The Balaban J connectivity index is 2.21. The van der Waals surface area contributed by atoms with Gasteiger partial charge in [0.25, 0.3) is 5.69 Å². The van der Waals surface area contributed by atoms with Gasteiger partial charge in [0.15, 0.2) is 0 Å². The summed E-state index contributed by atoms with van der Waals surface area (Å²) < 4.78 is 27.7. The molecule has 1 aromatic carbocycles. The van der Waals surface area contributed by atoms with E-state index in [1.54, 1.807) is 0 Å². The summed E-state index contributed by atoms with van der Waals surface area (Å²) >= 11 is 5.92. The fraction of sp³-hybridized carbons (Fsp3) is 0.571. The lowest BCUT2D eigenvalue weighted by Gasteiger charge is -2.29. The molecule has 0 heterocycles. The summed E-state index contributed by atoms with van der Waals surface area (Å²) in [7, 11) is -3.88. The Morgan fingerprint density at radius 2 is 2.00 bits per heavy atom. The van der Waals surface area contributed by atoms with E-state index in [0.29, 0.717) is 0 Å². The number of non-ortho nitro benzene ring substituents is 1. The molecule has 1 atom stereocenters. The molecule has 1 unspecified atom stereocenters. The average Bonchev–Trinajstić information content (AvgIpc) is 2.53. The van der Waals surface area contributed by atoms with Gasteiger partial charge in [-0.05, 0) is 24.8 Å². The van der Waals surface area contributed by atoms with Crippen molar-refractivity contribution in [1.29, 1.82) is 0 Å². The maximum absolute atomic E-state index is 12.5. The molecular weight excluding hydrogens is 342 g/mol. The highest BCUT2D eigenvalue weighted by Gasteiger charge is 2.29. The molecule has 23 heavy (non-hydrogen) atoms. The second-order valence-corrected chi connectivity index (χ2v) is 7.82. The van der Waals surface area contributed by atoms with Crippen molar-refractivity contribution in [3.8, 4) is 0 Å². The predicted octanol–water partition coefficient (Wildman–Crippen LogP) is 2.43. The van der Waals surface area contributed by atoms with Gasteiger partial charge in [0, 0.05) is 24.7 Å². The van der Waals surface area contributed by atoms with Crippen molar-refractivity contribution in [2.75, 3.05) is 6.54 Å². The van der Waals surface area contributed by atoms with Crippen molar-refractivity contribution in [1.82, 2.24) is 4.72 Å². The molecule has 1 saturated carbocycles. The molecule has 1 fully saturated rings. The number of hydrogen-bond donors (Lipinski definition) is 2. The van der Waals surface area contributed by atoms with Crippen molar-refractivity contribution in [2.24, 2.45) is 11.7 Å². The van der Waals surface area contributed by atoms with Gasteiger partial charge in [0.05, 0.1) is 9.95 Å². The van der Waals surface area contributed by atoms with Crippen molar-refractivity contribution in [2.45, 2.75) is 43.0 Å². The van der Waals surface area contributed by atoms with Crippen LogP contribution in [0.3, 0.4) is 0 Å². The zero-order valence-electron chi connectivity index (χ0n) is 12.6. The fourth-order valence-electron chi connectivity index (χ4n) is 2.96. The Bertz CT molecular complexity index is 675. The fourth-order valence-corrected chi connectivity index (χ4v) is 4.81. The molecule has 1 aliphatic rings. The second kappa shape index (κ2) is 7.57. The summed E-state index contributed by atoms with van der Waals surface area (Å²) in [6.45, 7) is 0.203. The first kappa shape index (κ1) is 18.1. The van der Waals surface area contributed by atoms with Crippen LogP contribution in [0.4, 0.5) is 5.69 Å². The van der Waals surface area contributed by atoms with Gasteiger partial charge in [-0.3, -0.25) is 10.1 Å². The lowest BCUT2D eigenvalue weighted by molar-refractivity contribution is -0.384. The van der Waals surface area contributed by atoms with Crippen LogP contribution >= 0.6 is 11.6 Å². The lowest BCUT2D eigenvalue weighted by atomic mass is 9.84. The molecule has 0 amide bonds. The van der Waals surface area contributed by atoms with E-state index >= 15 is 0 Å². The highest BCUT2D eigenvalue weighted by atomic mass is 35.5. The van der Waals surface area contributed by atoms with Gasteiger partial charge in [-0.2, -0.15) is 0 Å². The zero-order valence-corrected chi connectivity index (χ0v) is 14.1. The molecule has 7 nitrogen and oxygen atoms in total. The molecular formula is C14H20ClN3O4S. The molecule has 128 valence electrons. The monoisotopic (exact) mass is 361 g/mol. The Morgan fingerprint density at radius 1 is 1.35 bits per heavy atom. The van der Waals surface area contributed by atoms with Crippen LogP contribution in [0.15, 0.2) is 23.1 Å². The number of halogens is 1. The zero-order chi connectivity index (χ0) is 17.0.